The third kappa shape index (κ3) is 2.44. The molecule has 0 radical (unpaired) electrons. The molecular formula is C10H11N3OS. The van der Waals surface area contributed by atoms with Gasteiger partial charge in [0, 0.05) is 17.3 Å². The molecule has 0 saturated heterocycles. The number of thiazole rings is 1. The SMILES string of the molecule is COc1cccnc1NCc1cncs1. The second-order valence-electron chi connectivity index (χ2n) is 2.88. The molecule has 0 aromatic carbocycles. The third-order valence-electron chi connectivity index (χ3n) is 1.90. The second kappa shape index (κ2) is 4.75. The number of ether oxygens (including phenoxy) is 1. The zero-order chi connectivity index (χ0) is 10.5. The molecule has 0 amide bonds. The van der Waals surface area contributed by atoms with Crippen molar-refractivity contribution < 1.29 is 4.74 Å². The van der Waals surface area contributed by atoms with Crippen LogP contribution in [0.2, 0.25) is 0 Å². The number of rotatable bonds is 4. The van der Waals surface area contributed by atoms with Crippen molar-refractivity contribution in [2.45, 2.75) is 6.54 Å². The van der Waals surface area contributed by atoms with Crippen molar-refractivity contribution in [3.05, 3.63) is 34.9 Å². The van der Waals surface area contributed by atoms with Gasteiger partial charge in [0.25, 0.3) is 0 Å². The van der Waals surface area contributed by atoms with Crippen LogP contribution in [0.1, 0.15) is 4.88 Å². The molecule has 2 rings (SSSR count). The Kier molecular flexibility index (Phi) is 3.14. The van der Waals surface area contributed by atoms with Crippen LogP contribution in [0.5, 0.6) is 5.75 Å². The number of pyridine rings is 1. The van der Waals surface area contributed by atoms with E-state index >= 15 is 0 Å². The summed E-state index contributed by atoms with van der Waals surface area (Å²) in [5, 5.41) is 3.20. The molecule has 4 nitrogen and oxygen atoms in total. The summed E-state index contributed by atoms with van der Waals surface area (Å²) in [4.78, 5) is 9.37. The molecule has 1 N–H and O–H groups in total. The summed E-state index contributed by atoms with van der Waals surface area (Å²) in [6, 6.07) is 3.72. The van der Waals surface area contributed by atoms with E-state index in [9.17, 15) is 0 Å². The maximum Gasteiger partial charge on any atom is 0.169 e. The predicted octanol–water partition coefficient (Wildman–Crippen LogP) is 2.16. The van der Waals surface area contributed by atoms with Gasteiger partial charge in [-0.15, -0.1) is 11.3 Å². The van der Waals surface area contributed by atoms with Crippen LogP contribution < -0.4 is 10.1 Å². The number of methoxy groups -OCH3 is 1. The third-order valence-corrected chi connectivity index (χ3v) is 2.68. The minimum absolute atomic E-state index is 0.720. The zero-order valence-corrected chi connectivity index (χ0v) is 9.12. The lowest BCUT2D eigenvalue weighted by atomic mass is 10.4. The van der Waals surface area contributed by atoms with Crippen LogP contribution in [-0.4, -0.2) is 17.1 Å². The highest BCUT2D eigenvalue weighted by Gasteiger charge is 2.02. The van der Waals surface area contributed by atoms with Crippen molar-refractivity contribution >= 4 is 17.2 Å². The van der Waals surface area contributed by atoms with Crippen LogP contribution >= 0.6 is 11.3 Å². The van der Waals surface area contributed by atoms with E-state index in [0.717, 1.165) is 18.1 Å². The van der Waals surface area contributed by atoms with Gasteiger partial charge in [-0.2, -0.15) is 0 Å². The Labute approximate surface area is 92.0 Å². The summed E-state index contributed by atoms with van der Waals surface area (Å²) in [7, 11) is 1.63. The van der Waals surface area contributed by atoms with Gasteiger partial charge >= 0.3 is 0 Å². The highest BCUT2D eigenvalue weighted by molar-refractivity contribution is 7.09. The van der Waals surface area contributed by atoms with Crippen molar-refractivity contribution in [2.75, 3.05) is 12.4 Å². The number of hydrogen-bond acceptors (Lipinski definition) is 5. The lowest BCUT2D eigenvalue weighted by molar-refractivity contribution is 0.415. The molecule has 78 valence electrons. The molecule has 0 bridgehead atoms. The van der Waals surface area contributed by atoms with E-state index in [1.54, 1.807) is 24.6 Å². The maximum atomic E-state index is 5.18. The van der Waals surface area contributed by atoms with Crippen LogP contribution in [0.3, 0.4) is 0 Å². The van der Waals surface area contributed by atoms with Crippen LogP contribution in [0, 0.1) is 0 Å². The first-order valence-electron chi connectivity index (χ1n) is 4.50. The van der Waals surface area contributed by atoms with E-state index in [2.05, 4.69) is 15.3 Å². The molecule has 0 saturated carbocycles. The fourth-order valence-corrected chi connectivity index (χ4v) is 1.72. The maximum absolute atomic E-state index is 5.18. The first-order chi connectivity index (χ1) is 7.40. The molecule has 0 fully saturated rings. The van der Waals surface area contributed by atoms with E-state index in [-0.39, 0.29) is 0 Å². The Morgan fingerprint density at radius 3 is 3.20 bits per heavy atom. The molecule has 0 aliphatic rings. The Balaban J connectivity index is 2.04. The lowest BCUT2D eigenvalue weighted by Gasteiger charge is -2.07. The van der Waals surface area contributed by atoms with Crippen LogP contribution in [0.4, 0.5) is 5.82 Å². The molecule has 2 heterocycles. The minimum Gasteiger partial charge on any atom is -0.493 e. The molecule has 2 aromatic heterocycles. The van der Waals surface area contributed by atoms with Gasteiger partial charge < -0.3 is 10.1 Å². The van der Waals surface area contributed by atoms with Gasteiger partial charge in [0.15, 0.2) is 11.6 Å². The Hall–Kier alpha value is -1.62. The summed E-state index contributed by atoms with van der Waals surface area (Å²) < 4.78 is 5.18. The summed E-state index contributed by atoms with van der Waals surface area (Å²) >= 11 is 1.61. The van der Waals surface area contributed by atoms with Gasteiger partial charge in [0.2, 0.25) is 0 Å². The zero-order valence-electron chi connectivity index (χ0n) is 8.30. The van der Waals surface area contributed by atoms with Crippen molar-refractivity contribution in [3.63, 3.8) is 0 Å². The van der Waals surface area contributed by atoms with Gasteiger partial charge in [0.1, 0.15) is 0 Å². The van der Waals surface area contributed by atoms with Crippen LogP contribution in [-0.2, 0) is 6.54 Å². The van der Waals surface area contributed by atoms with Crippen molar-refractivity contribution in [2.24, 2.45) is 0 Å². The predicted molar refractivity (Wildman–Crippen MR) is 60.2 cm³/mol. The van der Waals surface area contributed by atoms with Crippen LogP contribution in [0.15, 0.2) is 30.0 Å². The highest BCUT2D eigenvalue weighted by Crippen LogP contribution is 2.20. The fraction of sp³-hybridized carbons (Fsp3) is 0.200. The van der Waals surface area contributed by atoms with Crippen molar-refractivity contribution in [1.29, 1.82) is 0 Å². The normalized spacial score (nSPS) is 9.93. The molecular weight excluding hydrogens is 210 g/mol. The van der Waals surface area contributed by atoms with E-state index in [1.807, 2.05) is 23.8 Å². The molecule has 0 atom stereocenters. The van der Waals surface area contributed by atoms with E-state index in [0.29, 0.717) is 0 Å². The average Bonchev–Trinajstić information content (AvgIpc) is 2.79. The summed E-state index contributed by atoms with van der Waals surface area (Å²) in [6.07, 6.45) is 3.57. The standard InChI is InChI=1S/C10H11N3OS/c1-14-9-3-2-4-12-10(9)13-6-8-5-11-7-15-8/h2-5,7H,6H2,1H3,(H,12,13). The molecule has 15 heavy (non-hydrogen) atoms. The molecule has 0 spiro atoms. The lowest BCUT2D eigenvalue weighted by Crippen LogP contribution is -2.01. The number of nitrogens with one attached hydrogen (secondary N) is 1. The van der Waals surface area contributed by atoms with Crippen molar-refractivity contribution in [1.82, 2.24) is 9.97 Å². The van der Waals surface area contributed by atoms with E-state index < -0.39 is 0 Å². The molecule has 2 aromatic rings. The topological polar surface area (TPSA) is 47.0 Å². The van der Waals surface area contributed by atoms with E-state index in [1.165, 1.54) is 4.88 Å². The Bertz CT molecular complexity index is 416. The quantitative estimate of drug-likeness (QED) is 0.859. The summed E-state index contributed by atoms with van der Waals surface area (Å²) in [6.45, 7) is 0.720. The first-order valence-corrected chi connectivity index (χ1v) is 5.38. The number of hydrogen-bond donors (Lipinski definition) is 1. The van der Waals surface area contributed by atoms with Crippen molar-refractivity contribution in [3.8, 4) is 5.75 Å². The molecule has 0 aliphatic carbocycles. The smallest absolute Gasteiger partial charge is 0.169 e. The second-order valence-corrected chi connectivity index (χ2v) is 3.85. The Morgan fingerprint density at radius 1 is 1.53 bits per heavy atom. The van der Waals surface area contributed by atoms with Gasteiger partial charge in [0.05, 0.1) is 19.2 Å². The van der Waals surface area contributed by atoms with Gasteiger partial charge in [-0.3, -0.25) is 4.98 Å². The molecule has 0 aliphatic heterocycles. The number of anilines is 1. The highest BCUT2D eigenvalue weighted by atomic mass is 32.1. The monoisotopic (exact) mass is 221 g/mol. The summed E-state index contributed by atoms with van der Waals surface area (Å²) in [5.74, 6) is 1.51. The largest absolute Gasteiger partial charge is 0.493 e. The fourth-order valence-electron chi connectivity index (χ4n) is 1.19. The molecule has 5 heteroatoms. The minimum atomic E-state index is 0.720. The first kappa shape index (κ1) is 9.92. The van der Waals surface area contributed by atoms with Gasteiger partial charge in [-0.05, 0) is 12.1 Å². The van der Waals surface area contributed by atoms with Gasteiger partial charge in [-0.25, -0.2) is 4.98 Å². The molecule has 0 unspecified atom stereocenters. The average molecular weight is 221 g/mol. The number of nitrogens with zero attached hydrogens (tertiary/aromatic N) is 2. The number of aromatic nitrogens is 2. The van der Waals surface area contributed by atoms with Gasteiger partial charge in [-0.1, -0.05) is 0 Å². The van der Waals surface area contributed by atoms with Crippen LogP contribution in [0.25, 0.3) is 0 Å². The summed E-state index contributed by atoms with van der Waals surface area (Å²) in [5.41, 5.74) is 1.81. The Morgan fingerprint density at radius 2 is 2.47 bits per heavy atom. The van der Waals surface area contributed by atoms with E-state index in [4.69, 9.17) is 4.74 Å².